The fourth-order valence-corrected chi connectivity index (χ4v) is 5.71. The Bertz CT molecular complexity index is 1610. The normalized spacial score (nSPS) is 17.3. The zero-order chi connectivity index (χ0) is 33.8. The number of halogens is 4. The summed E-state index contributed by atoms with van der Waals surface area (Å²) in [6, 6.07) is 18.0. The number of nitrogens with zero attached hydrogens (tertiary/aromatic N) is 2. The van der Waals surface area contributed by atoms with Crippen LogP contribution < -0.4 is 10.1 Å². The molecule has 0 fully saturated rings. The summed E-state index contributed by atoms with van der Waals surface area (Å²) in [6.45, 7) is 5.54. The van der Waals surface area contributed by atoms with E-state index in [-0.39, 0.29) is 17.9 Å². The largest absolute Gasteiger partial charge is 0.489 e. The number of carbonyl (C=O) groups is 3. The van der Waals surface area contributed by atoms with E-state index in [9.17, 15) is 32.7 Å². The number of amides is 3. The van der Waals surface area contributed by atoms with E-state index >= 15 is 0 Å². The number of aliphatic hydroxyl groups is 1. The lowest BCUT2D eigenvalue weighted by molar-refractivity contribution is -0.287. The molecule has 0 radical (unpaired) electrons. The van der Waals surface area contributed by atoms with Gasteiger partial charge in [0.05, 0.1) is 11.7 Å². The molecule has 0 aromatic heterocycles. The van der Waals surface area contributed by atoms with Crippen LogP contribution in [0.15, 0.2) is 85.1 Å². The van der Waals surface area contributed by atoms with E-state index in [1.807, 2.05) is 6.07 Å². The van der Waals surface area contributed by atoms with Crippen LogP contribution in [0.1, 0.15) is 44.4 Å². The van der Waals surface area contributed by atoms with Gasteiger partial charge in [0.15, 0.2) is 0 Å². The van der Waals surface area contributed by atoms with Crippen molar-refractivity contribution in [3.63, 3.8) is 0 Å². The minimum absolute atomic E-state index is 0.0979. The molecule has 1 heterocycles. The van der Waals surface area contributed by atoms with Gasteiger partial charge >= 0.3 is 6.18 Å². The maximum absolute atomic E-state index is 14.9. The number of nitrogens with one attached hydrogen (secondary N) is 1. The van der Waals surface area contributed by atoms with Gasteiger partial charge in [-0.2, -0.15) is 13.2 Å². The molecular weight excluding hydrogens is 623 g/mol. The molecule has 1 aliphatic rings. The SMILES string of the molecule is CC(=O)NC(O)(C(Cc1ccccc1)N1C(=O)[C@@H](C(C)C)N(C(C)=O)C=C1c1cccc(OCc2cccc(Cl)c2)c1)C(F)(F)F. The molecule has 3 aromatic carbocycles. The average Bonchev–Trinajstić information content (AvgIpc) is 2.98. The van der Waals surface area contributed by atoms with Crippen molar-refractivity contribution in [1.82, 2.24) is 15.1 Å². The van der Waals surface area contributed by atoms with Gasteiger partial charge in [-0.3, -0.25) is 19.3 Å². The van der Waals surface area contributed by atoms with Crippen molar-refractivity contribution in [3.05, 3.63) is 107 Å². The predicted molar refractivity (Wildman–Crippen MR) is 167 cm³/mol. The van der Waals surface area contributed by atoms with Crippen LogP contribution in [0.4, 0.5) is 13.2 Å². The Morgan fingerprint density at radius 2 is 1.63 bits per heavy atom. The van der Waals surface area contributed by atoms with E-state index in [2.05, 4.69) is 0 Å². The van der Waals surface area contributed by atoms with E-state index in [0.29, 0.717) is 16.3 Å². The first-order valence-electron chi connectivity index (χ1n) is 14.6. The second kappa shape index (κ2) is 14.0. The van der Waals surface area contributed by atoms with Crippen molar-refractivity contribution < 1.29 is 37.4 Å². The molecule has 2 N–H and O–H groups in total. The molecule has 12 heteroatoms. The van der Waals surface area contributed by atoms with Crippen molar-refractivity contribution in [2.75, 3.05) is 0 Å². The number of alkyl halides is 3. The lowest BCUT2D eigenvalue weighted by Gasteiger charge is -2.49. The van der Waals surface area contributed by atoms with Gasteiger partial charge in [-0.15, -0.1) is 0 Å². The second-order valence-corrected chi connectivity index (χ2v) is 11.9. The van der Waals surface area contributed by atoms with Gasteiger partial charge in [-0.05, 0) is 47.7 Å². The first kappa shape index (κ1) is 34.5. The van der Waals surface area contributed by atoms with E-state index in [4.69, 9.17) is 16.3 Å². The number of hydrogen-bond acceptors (Lipinski definition) is 5. The fourth-order valence-electron chi connectivity index (χ4n) is 5.50. The Kier molecular flexibility index (Phi) is 10.5. The highest BCUT2D eigenvalue weighted by Gasteiger charge is 2.63. The second-order valence-electron chi connectivity index (χ2n) is 11.4. The van der Waals surface area contributed by atoms with Gasteiger partial charge in [0.1, 0.15) is 18.4 Å². The highest BCUT2D eigenvalue weighted by Crippen LogP contribution is 2.41. The summed E-state index contributed by atoms with van der Waals surface area (Å²) in [6.07, 6.45) is -4.61. The molecule has 8 nitrogen and oxygen atoms in total. The smallest absolute Gasteiger partial charge is 0.438 e. The Morgan fingerprint density at radius 1 is 0.978 bits per heavy atom. The molecule has 0 saturated heterocycles. The van der Waals surface area contributed by atoms with Crippen molar-refractivity contribution in [2.24, 2.45) is 5.92 Å². The topological polar surface area (TPSA) is 99.2 Å². The quantitative estimate of drug-likeness (QED) is 0.264. The van der Waals surface area contributed by atoms with Gasteiger partial charge < -0.3 is 20.1 Å². The van der Waals surface area contributed by atoms with Crippen molar-refractivity contribution in [1.29, 1.82) is 0 Å². The molecule has 3 aromatic rings. The van der Waals surface area contributed by atoms with E-state index in [1.165, 1.54) is 24.1 Å². The molecule has 2 unspecified atom stereocenters. The highest BCUT2D eigenvalue weighted by atomic mass is 35.5. The van der Waals surface area contributed by atoms with Crippen LogP contribution >= 0.6 is 11.6 Å². The molecule has 0 saturated carbocycles. The van der Waals surface area contributed by atoms with Crippen LogP contribution in [-0.2, 0) is 27.4 Å². The van der Waals surface area contributed by atoms with Gasteiger partial charge in [-0.25, -0.2) is 0 Å². The predicted octanol–water partition coefficient (Wildman–Crippen LogP) is 5.93. The number of rotatable bonds is 10. The third kappa shape index (κ3) is 7.54. The van der Waals surface area contributed by atoms with Gasteiger partial charge in [-0.1, -0.05) is 80.0 Å². The Balaban J connectivity index is 1.92. The molecule has 46 heavy (non-hydrogen) atoms. The average molecular weight is 658 g/mol. The summed E-state index contributed by atoms with van der Waals surface area (Å²) < 4.78 is 50.7. The standard InChI is InChI=1S/C34H35ClF3N3O5/c1-21(2)31-32(44)41(30(17-24-10-6-5-7-11-24)33(45,34(36,37)38)39-22(3)42)29(19-40(31)23(4)43)26-13-9-15-28(18-26)46-20-25-12-8-14-27(35)16-25/h5-16,18-19,21,30-31,45H,17,20H2,1-4H3,(H,39,42)/t30?,31-,33?/m1/s1. The van der Waals surface area contributed by atoms with Gasteiger partial charge in [0.25, 0.3) is 11.6 Å². The monoisotopic (exact) mass is 657 g/mol. The maximum Gasteiger partial charge on any atom is 0.438 e. The summed E-state index contributed by atoms with van der Waals surface area (Å²) in [5.74, 6) is -2.73. The summed E-state index contributed by atoms with van der Waals surface area (Å²) in [7, 11) is 0. The Hall–Kier alpha value is -4.35. The first-order valence-corrected chi connectivity index (χ1v) is 14.9. The maximum atomic E-state index is 14.9. The zero-order valence-corrected chi connectivity index (χ0v) is 26.5. The fraction of sp³-hybridized carbons (Fsp3) is 0.324. The Morgan fingerprint density at radius 3 is 2.22 bits per heavy atom. The van der Waals surface area contributed by atoms with E-state index in [0.717, 1.165) is 17.4 Å². The highest BCUT2D eigenvalue weighted by molar-refractivity contribution is 6.30. The van der Waals surface area contributed by atoms with Gasteiger partial charge in [0, 0.05) is 30.6 Å². The molecular formula is C34H35ClF3N3O5. The number of ether oxygens (including phenoxy) is 1. The van der Waals surface area contributed by atoms with E-state index in [1.54, 1.807) is 85.9 Å². The first-order chi connectivity index (χ1) is 21.6. The summed E-state index contributed by atoms with van der Waals surface area (Å²) in [4.78, 5) is 41.5. The van der Waals surface area contributed by atoms with Crippen molar-refractivity contribution in [3.8, 4) is 5.75 Å². The molecule has 0 spiro atoms. The summed E-state index contributed by atoms with van der Waals surface area (Å²) in [5.41, 5.74) is -2.62. The van der Waals surface area contributed by atoms with Crippen molar-refractivity contribution >= 4 is 35.0 Å². The molecule has 4 rings (SSSR count). The molecule has 244 valence electrons. The minimum Gasteiger partial charge on any atom is -0.489 e. The molecule has 1 aliphatic heterocycles. The lowest BCUT2D eigenvalue weighted by Crippen LogP contribution is -2.72. The van der Waals surface area contributed by atoms with Crippen LogP contribution in [0, 0.1) is 5.92 Å². The molecule has 3 atom stereocenters. The van der Waals surface area contributed by atoms with Crippen LogP contribution in [0.5, 0.6) is 5.75 Å². The molecule has 3 amide bonds. The van der Waals surface area contributed by atoms with Crippen molar-refractivity contribution in [2.45, 2.75) is 64.7 Å². The Labute approximate surface area is 270 Å². The minimum atomic E-state index is -5.42. The van der Waals surface area contributed by atoms with Crippen LogP contribution in [-0.4, -0.2) is 56.6 Å². The van der Waals surface area contributed by atoms with Gasteiger partial charge in [0.2, 0.25) is 11.8 Å². The number of carbonyl (C=O) groups excluding carboxylic acids is 3. The molecule has 0 aliphatic carbocycles. The summed E-state index contributed by atoms with van der Waals surface area (Å²) in [5, 5.41) is 13.7. The number of hydrogen-bond donors (Lipinski definition) is 2. The van der Waals surface area contributed by atoms with Crippen LogP contribution in [0.3, 0.4) is 0 Å². The third-order valence-corrected chi connectivity index (χ3v) is 7.83. The van der Waals surface area contributed by atoms with Crippen LogP contribution in [0.2, 0.25) is 5.02 Å². The summed E-state index contributed by atoms with van der Waals surface area (Å²) >= 11 is 6.08. The zero-order valence-electron chi connectivity index (χ0n) is 25.7. The lowest BCUT2D eigenvalue weighted by atomic mass is 9.88. The number of benzene rings is 3. The molecule has 0 bridgehead atoms. The van der Waals surface area contributed by atoms with E-state index < -0.39 is 54.0 Å². The van der Waals surface area contributed by atoms with Crippen LogP contribution in [0.25, 0.3) is 5.70 Å². The third-order valence-electron chi connectivity index (χ3n) is 7.60.